The lowest BCUT2D eigenvalue weighted by Crippen LogP contribution is -2.01. The van der Waals surface area contributed by atoms with Gasteiger partial charge < -0.3 is 9.84 Å². The van der Waals surface area contributed by atoms with Crippen LogP contribution in [-0.4, -0.2) is 11.7 Å². The van der Waals surface area contributed by atoms with Crippen molar-refractivity contribution in [1.29, 1.82) is 0 Å². The summed E-state index contributed by atoms with van der Waals surface area (Å²) in [4.78, 5) is 0. The van der Waals surface area contributed by atoms with Crippen LogP contribution in [0, 0.1) is 13.8 Å². The average molecular weight is 271 g/mol. The van der Waals surface area contributed by atoms with Crippen LogP contribution < -0.4 is 4.74 Å². The maximum atomic E-state index is 10.0. The molecule has 0 spiro atoms. The normalized spacial score (nSPS) is 20.4. The first-order valence-corrected chi connectivity index (χ1v) is 6.01. The molecule has 1 N–H and O–H groups in total. The molecule has 0 saturated heterocycles. The summed E-state index contributed by atoms with van der Waals surface area (Å²) in [6.07, 6.45) is 1.30. The van der Waals surface area contributed by atoms with Gasteiger partial charge in [0.15, 0.2) is 0 Å². The van der Waals surface area contributed by atoms with Gasteiger partial charge in [-0.3, -0.25) is 0 Å². The number of hydrogen-bond acceptors (Lipinski definition) is 2. The number of rotatable bonds is 0. The lowest BCUT2D eigenvalue weighted by Gasteiger charge is -2.17. The molecule has 2 rings (SSSR count). The third kappa shape index (κ3) is 1.91. The monoisotopic (exact) mass is 270 g/mol. The Kier molecular flexibility index (Phi) is 3.03. The quantitative estimate of drug-likeness (QED) is 0.784. The Morgan fingerprint density at radius 2 is 2.20 bits per heavy atom. The molecule has 0 radical (unpaired) electrons. The first-order valence-electron chi connectivity index (χ1n) is 5.21. The minimum Gasteiger partial charge on any atom is -0.493 e. The minimum absolute atomic E-state index is 0.389. The van der Waals surface area contributed by atoms with Crippen LogP contribution in [0.3, 0.4) is 0 Å². The zero-order valence-corrected chi connectivity index (χ0v) is 10.6. The second kappa shape index (κ2) is 4.14. The zero-order chi connectivity index (χ0) is 11.0. The Balaban J connectivity index is 2.61. The standard InChI is InChI=1S/C12H15BrO2/c1-7-6-10-11(8(2)12(7)13)9(14)4-3-5-15-10/h6,9,14H,3-5H2,1-2H3. The highest BCUT2D eigenvalue weighted by Crippen LogP contribution is 2.38. The zero-order valence-electron chi connectivity index (χ0n) is 9.01. The molecule has 1 aromatic carbocycles. The van der Waals surface area contributed by atoms with E-state index in [1.54, 1.807) is 0 Å². The van der Waals surface area contributed by atoms with Gasteiger partial charge in [-0.25, -0.2) is 0 Å². The largest absolute Gasteiger partial charge is 0.493 e. The Hall–Kier alpha value is -0.540. The van der Waals surface area contributed by atoms with Crippen LogP contribution in [0.5, 0.6) is 5.75 Å². The van der Waals surface area contributed by atoms with Crippen molar-refractivity contribution < 1.29 is 9.84 Å². The number of halogens is 1. The molecular weight excluding hydrogens is 256 g/mol. The van der Waals surface area contributed by atoms with E-state index >= 15 is 0 Å². The fourth-order valence-electron chi connectivity index (χ4n) is 2.07. The van der Waals surface area contributed by atoms with E-state index < -0.39 is 0 Å². The average Bonchev–Trinajstić information content (AvgIpc) is 2.37. The lowest BCUT2D eigenvalue weighted by atomic mass is 9.98. The highest BCUT2D eigenvalue weighted by Gasteiger charge is 2.21. The van der Waals surface area contributed by atoms with Gasteiger partial charge in [0.1, 0.15) is 5.75 Å². The smallest absolute Gasteiger partial charge is 0.125 e. The summed E-state index contributed by atoms with van der Waals surface area (Å²) in [5.41, 5.74) is 3.20. The summed E-state index contributed by atoms with van der Waals surface area (Å²) in [5.74, 6) is 0.846. The summed E-state index contributed by atoms with van der Waals surface area (Å²) in [7, 11) is 0. The molecule has 2 nitrogen and oxygen atoms in total. The number of aliphatic hydroxyl groups is 1. The van der Waals surface area contributed by atoms with Crippen molar-refractivity contribution in [2.45, 2.75) is 32.8 Å². The molecule has 1 heterocycles. The van der Waals surface area contributed by atoms with Crippen molar-refractivity contribution in [2.75, 3.05) is 6.61 Å². The lowest BCUT2D eigenvalue weighted by molar-refractivity contribution is 0.166. The number of hydrogen-bond donors (Lipinski definition) is 1. The van der Waals surface area contributed by atoms with E-state index in [0.717, 1.165) is 39.8 Å². The molecule has 0 saturated carbocycles. The molecule has 82 valence electrons. The number of aliphatic hydroxyl groups excluding tert-OH is 1. The minimum atomic E-state index is -0.389. The van der Waals surface area contributed by atoms with Gasteiger partial charge >= 0.3 is 0 Å². The van der Waals surface area contributed by atoms with Crippen LogP contribution in [0.25, 0.3) is 0 Å². The Morgan fingerprint density at radius 1 is 1.47 bits per heavy atom. The van der Waals surface area contributed by atoms with Gasteiger partial charge in [-0.05, 0) is 43.9 Å². The highest BCUT2D eigenvalue weighted by molar-refractivity contribution is 9.10. The fourth-order valence-corrected chi connectivity index (χ4v) is 2.40. The van der Waals surface area contributed by atoms with E-state index in [4.69, 9.17) is 4.74 Å². The number of aryl methyl sites for hydroxylation is 1. The molecule has 1 aliphatic heterocycles. The van der Waals surface area contributed by atoms with Gasteiger partial charge in [0.2, 0.25) is 0 Å². The summed E-state index contributed by atoms with van der Waals surface area (Å²) >= 11 is 3.54. The second-order valence-electron chi connectivity index (χ2n) is 4.05. The fraction of sp³-hybridized carbons (Fsp3) is 0.500. The van der Waals surface area contributed by atoms with Crippen LogP contribution in [0.1, 0.15) is 35.6 Å². The van der Waals surface area contributed by atoms with E-state index in [-0.39, 0.29) is 6.10 Å². The van der Waals surface area contributed by atoms with Crippen molar-refractivity contribution in [3.8, 4) is 5.75 Å². The Morgan fingerprint density at radius 3 is 2.93 bits per heavy atom. The molecule has 0 bridgehead atoms. The number of benzene rings is 1. The van der Waals surface area contributed by atoms with Crippen molar-refractivity contribution in [3.63, 3.8) is 0 Å². The SMILES string of the molecule is Cc1cc2c(c(C)c1Br)C(O)CCCO2. The van der Waals surface area contributed by atoms with Crippen molar-refractivity contribution in [2.24, 2.45) is 0 Å². The van der Waals surface area contributed by atoms with Crippen molar-refractivity contribution in [3.05, 3.63) is 27.2 Å². The van der Waals surface area contributed by atoms with Crippen molar-refractivity contribution in [1.82, 2.24) is 0 Å². The van der Waals surface area contributed by atoms with Crippen LogP contribution in [-0.2, 0) is 0 Å². The van der Waals surface area contributed by atoms with E-state index in [9.17, 15) is 5.11 Å². The highest BCUT2D eigenvalue weighted by atomic mass is 79.9. The van der Waals surface area contributed by atoms with E-state index in [2.05, 4.69) is 15.9 Å². The molecule has 1 aromatic rings. The number of fused-ring (bicyclic) bond motifs is 1. The third-order valence-corrected chi connectivity index (χ3v) is 4.13. The first kappa shape index (κ1) is 11.0. The van der Waals surface area contributed by atoms with Gasteiger partial charge in [0.05, 0.1) is 12.7 Å². The molecule has 0 aromatic heterocycles. The van der Waals surface area contributed by atoms with Crippen LogP contribution in [0.4, 0.5) is 0 Å². The second-order valence-corrected chi connectivity index (χ2v) is 4.84. The van der Waals surface area contributed by atoms with Gasteiger partial charge in [0, 0.05) is 10.0 Å². The summed E-state index contributed by atoms with van der Waals surface area (Å²) < 4.78 is 6.73. The van der Waals surface area contributed by atoms with Gasteiger partial charge in [0.25, 0.3) is 0 Å². The molecular formula is C12H15BrO2. The van der Waals surface area contributed by atoms with E-state index in [0.29, 0.717) is 6.61 Å². The summed E-state index contributed by atoms with van der Waals surface area (Å²) in [6.45, 7) is 4.76. The molecule has 0 amide bonds. The summed E-state index contributed by atoms with van der Waals surface area (Å²) in [6, 6.07) is 2.00. The Bertz CT molecular complexity index is 388. The predicted molar refractivity (Wildman–Crippen MR) is 63.3 cm³/mol. The molecule has 3 heteroatoms. The molecule has 1 aliphatic rings. The third-order valence-electron chi connectivity index (χ3n) is 2.91. The van der Waals surface area contributed by atoms with Crippen molar-refractivity contribution >= 4 is 15.9 Å². The summed E-state index contributed by atoms with van der Waals surface area (Å²) in [5, 5.41) is 10.0. The predicted octanol–water partition coefficient (Wildman–Crippen LogP) is 3.27. The molecule has 1 unspecified atom stereocenters. The maximum Gasteiger partial charge on any atom is 0.125 e. The van der Waals surface area contributed by atoms with E-state index in [1.165, 1.54) is 0 Å². The topological polar surface area (TPSA) is 29.5 Å². The van der Waals surface area contributed by atoms with Gasteiger partial charge in [-0.2, -0.15) is 0 Å². The molecule has 1 atom stereocenters. The van der Waals surface area contributed by atoms with Crippen LogP contribution in [0.2, 0.25) is 0 Å². The molecule has 0 fully saturated rings. The molecule has 15 heavy (non-hydrogen) atoms. The van der Waals surface area contributed by atoms with Gasteiger partial charge in [-0.15, -0.1) is 0 Å². The Labute approximate surface area is 98.4 Å². The van der Waals surface area contributed by atoms with Crippen LogP contribution in [0.15, 0.2) is 10.5 Å². The maximum absolute atomic E-state index is 10.0. The van der Waals surface area contributed by atoms with Crippen LogP contribution >= 0.6 is 15.9 Å². The molecule has 0 aliphatic carbocycles. The van der Waals surface area contributed by atoms with Gasteiger partial charge in [-0.1, -0.05) is 15.9 Å². The number of ether oxygens (including phenoxy) is 1. The van der Waals surface area contributed by atoms with E-state index in [1.807, 2.05) is 19.9 Å². The first-order chi connectivity index (χ1) is 7.11.